The fourth-order valence-electron chi connectivity index (χ4n) is 1.83. The minimum atomic E-state index is -0.390. The van der Waals surface area contributed by atoms with Gasteiger partial charge in [-0.05, 0) is 48.9 Å². The largest absolute Gasteiger partial charge is 0.507 e. The summed E-state index contributed by atoms with van der Waals surface area (Å²) < 4.78 is 5.93. The molecule has 0 aliphatic rings. The summed E-state index contributed by atoms with van der Waals surface area (Å²) in [6, 6.07) is 10.1. The quantitative estimate of drug-likeness (QED) is 0.898. The summed E-state index contributed by atoms with van der Waals surface area (Å²) in [7, 11) is 1.51. The number of rotatable bonds is 3. The number of ether oxygens (including phenoxy) is 1. The molecule has 20 heavy (non-hydrogen) atoms. The topological polar surface area (TPSA) is 58.6 Å². The van der Waals surface area contributed by atoms with Gasteiger partial charge in [-0.25, -0.2) is 0 Å². The Morgan fingerprint density at radius 3 is 2.65 bits per heavy atom. The van der Waals surface area contributed by atoms with Gasteiger partial charge in [-0.2, -0.15) is 0 Å². The minimum absolute atomic E-state index is 0.0879. The fourth-order valence-corrected chi connectivity index (χ4v) is 2.44. The molecule has 0 atom stereocenters. The number of anilines is 1. The molecule has 0 aliphatic heterocycles. The van der Waals surface area contributed by atoms with Crippen LogP contribution >= 0.6 is 15.9 Å². The molecule has 0 spiro atoms. The summed E-state index contributed by atoms with van der Waals surface area (Å²) in [6.45, 7) is 1.93. The van der Waals surface area contributed by atoms with E-state index in [2.05, 4.69) is 21.2 Å². The third-order valence-electron chi connectivity index (χ3n) is 2.75. The van der Waals surface area contributed by atoms with Crippen molar-refractivity contribution in [3.63, 3.8) is 0 Å². The maximum atomic E-state index is 12.2. The third kappa shape index (κ3) is 3.30. The third-order valence-corrected chi connectivity index (χ3v) is 3.21. The van der Waals surface area contributed by atoms with E-state index < -0.39 is 0 Å². The van der Waals surface area contributed by atoms with Crippen LogP contribution in [-0.4, -0.2) is 18.1 Å². The number of methoxy groups -OCH3 is 1. The number of hydrogen-bond acceptors (Lipinski definition) is 3. The van der Waals surface area contributed by atoms with Gasteiger partial charge in [0.1, 0.15) is 11.5 Å². The van der Waals surface area contributed by atoms with E-state index in [0.29, 0.717) is 11.4 Å². The van der Waals surface area contributed by atoms with Crippen molar-refractivity contribution in [3.8, 4) is 11.5 Å². The molecule has 2 N–H and O–H groups in total. The Hall–Kier alpha value is -2.01. The predicted octanol–water partition coefficient (Wildman–Crippen LogP) is 3.72. The Morgan fingerprint density at radius 2 is 2.00 bits per heavy atom. The Morgan fingerprint density at radius 1 is 1.25 bits per heavy atom. The molecule has 2 rings (SSSR count). The summed E-state index contributed by atoms with van der Waals surface area (Å²) in [4.78, 5) is 12.2. The number of hydrogen-bond donors (Lipinski definition) is 2. The molecule has 2 aromatic carbocycles. The normalized spacial score (nSPS) is 10.2. The Bertz CT molecular complexity index is 635. The van der Waals surface area contributed by atoms with Gasteiger partial charge in [0.05, 0.1) is 12.7 Å². The number of aryl methyl sites for hydroxylation is 1. The predicted molar refractivity (Wildman–Crippen MR) is 81.5 cm³/mol. The number of nitrogens with one attached hydrogen (secondary N) is 1. The van der Waals surface area contributed by atoms with E-state index in [1.54, 1.807) is 12.1 Å². The van der Waals surface area contributed by atoms with E-state index in [1.807, 2.05) is 19.1 Å². The van der Waals surface area contributed by atoms with Crippen molar-refractivity contribution in [1.82, 2.24) is 0 Å². The van der Waals surface area contributed by atoms with E-state index in [9.17, 15) is 9.90 Å². The lowest BCUT2D eigenvalue weighted by Gasteiger charge is -2.09. The van der Waals surface area contributed by atoms with Crippen LogP contribution in [0.15, 0.2) is 40.9 Å². The molecule has 0 aromatic heterocycles. The van der Waals surface area contributed by atoms with Crippen LogP contribution in [0.3, 0.4) is 0 Å². The highest BCUT2D eigenvalue weighted by atomic mass is 79.9. The maximum absolute atomic E-state index is 12.2. The van der Waals surface area contributed by atoms with Crippen molar-refractivity contribution >= 4 is 27.5 Å². The van der Waals surface area contributed by atoms with Gasteiger partial charge in [-0.3, -0.25) is 4.79 Å². The lowest BCUT2D eigenvalue weighted by molar-refractivity contribution is 0.102. The highest BCUT2D eigenvalue weighted by Gasteiger charge is 2.13. The number of carbonyl (C=O) groups is 1. The highest BCUT2D eigenvalue weighted by molar-refractivity contribution is 9.10. The number of phenolic OH excluding ortho intramolecular Hbond substituents is 1. The molecule has 0 radical (unpaired) electrons. The van der Waals surface area contributed by atoms with E-state index >= 15 is 0 Å². The number of benzene rings is 2. The van der Waals surface area contributed by atoms with Crippen molar-refractivity contribution in [3.05, 3.63) is 52.0 Å². The standard InChI is InChI=1S/C15H14BrNO3/c1-9-5-10(16)7-11(6-9)17-15(19)13-8-12(20-2)3-4-14(13)18/h3-8,18H,1-2H3,(H,17,19). The molecule has 4 nitrogen and oxygen atoms in total. The summed E-state index contributed by atoms with van der Waals surface area (Å²) in [5.41, 5.74) is 1.84. The van der Waals surface area contributed by atoms with Crippen LogP contribution in [-0.2, 0) is 0 Å². The molecule has 0 heterocycles. The smallest absolute Gasteiger partial charge is 0.259 e. The summed E-state index contributed by atoms with van der Waals surface area (Å²) in [5, 5.41) is 12.5. The number of amides is 1. The van der Waals surface area contributed by atoms with Gasteiger partial charge in [-0.15, -0.1) is 0 Å². The van der Waals surface area contributed by atoms with Crippen LogP contribution in [0.4, 0.5) is 5.69 Å². The van der Waals surface area contributed by atoms with Crippen molar-refractivity contribution in [2.45, 2.75) is 6.92 Å². The van der Waals surface area contributed by atoms with Gasteiger partial charge in [0.15, 0.2) is 0 Å². The first kappa shape index (κ1) is 14.4. The van der Waals surface area contributed by atoms with Crippen LogP contribution < -0.4 is 10.1 Å². The molecule has 0 saturated carbocycles. The highest BCUT2D eigenvalue weighted by Crippen LogP contribution is 2.25. The Balaban J connectivity index is 2.27. The van der Waals surface area contributed by atoms with E-state index in [0.717, 1.165) is 10.0 Å². The molecule has 0 bridgehead atoms. The zero-order chi connectivity index (χ0) is 14.7. The second-order valence-corrected chi connectivity index (χ2v) is 5.27. The first-order valence-electron chi connectivity index (χ1n) is 5.95. The lowest BCUT2D eigenvalue weighted by Crippen LogP contribution is -2.12. The fraction of sp³-hybridized carbons (Fsp3) is 0.133. The molecule has 1 amide bonds. The van der Waals surface area contributed by atoms with Gasteiger partial charge < -0.3 is 15.2 Å². The number of carbonyl (C=O) groups excluding carboxylic acids is 1. The van der Waals surface area contributed by atoms with Gasteiger partial charge >= 0.3 is 0 Å². The molecule has 0 aliphatic carbocycles. The molecule has 0 saturated heterocycles. The average Bonchev–Trinajstić information content (AvgIpc) is 2.37. The monoisotopic (exact) mass is 335 g/mol. The lowest BCUT2D eigenvalue weighted by atomic mass is 10.1. The van der Waals surface area contributed by atoms with Crippen molar-refractivity contribution in [1.29, 1.82) is 0 Å². The van der Waals surface area contributed by atoms with Gasteiger partial charge in [0, 0.05) is 10.2 Å². The Kier molecular flexibility index (Phi) is 4.29. The van der Waals surface area contributed by atoms with E-state index in [4.69, 9.17) is 4.74 Å². The van der Waals surface area contributed by atoms with Crippen LogP contribution in [0.5, 0.6) is 11.5 Å². The van der Waals surface area contributed by atoms with Gasteiger partial charge in [0.25, 0.3) is 5.91 Å². The van der Waals surface area contributed by atoms with Crippen molar-refractivity contribution < 1.29 is 14.6 Å². The molecule has 0 unspecified atom stereocenters. The second kappa shape index (κ2) is 5.96. The van der Waals surface area contributed by atoms with Gasteiger partial charge in [-0.1, -0.05) is 15.9 Å². The zero-order valence-corrected chi connectivity index (χ0v) is 12.7. The first-order valence-corrected chi connectivity index (χ1v) is 6.74. The van der Waals surface area contributed by atoms with Crippen LogP contribution in [0.1, 0.15) is 15.9 Å². The van der Waals surface area contributed by atoms with Crippen LogP contribution in [0.25, 0.3) is 0 Å². The summed E-state index contributed by atoms with van der Waals surface area (Å²) >= 11 is 3.38. The van der Waals surface area contributed by atoms with Crippen LogP contribution in [0.2, 0.25) is 0 Å². The maximum Gasteiger partial charge on any atom is 0.259 e. The van der Waals surface area contributed by atoms with Crippen molar-refractivity contribution in [2.24, 2.45) is 0 Å². The zero-order valence-electron chi connectivity index (χ0n) is 11.1. The van der Waals surface area contributed by atoms with Crippen molar-refractivity contribution in [2.75, 3.05) is 12.4 Å². The molecular weight excluding hydrogens is 322 g/mol. The second-order valence-electron chi connectivity index (χ2n) is 4.35. The summed E-state index contributed by atoms with van der Waals surface area (Å²) in [6.07, 6.45) is 0. The molecule has 5 heteroatoms. The van der Waals surface area contributed by atoms with E-state index in [1.165, 1.54) is 19.2 Å². The van der Waals surface area contributed by atoms with Crippen LogP contribution in [0, 0.1) is 6.92 Å². The van der Waals surface area contributed by atoms with E-state index in [-0.39, 0.29) is 17.2 Å². The molecule has 104 valence electrons. The Labute approximate surface area is 125 Å². The number of aromatic hydroxyl groups is 1. The first-order chi connectivity index (χ1) is 9.49. The summed E-state index contributed by atoms with van der Waals surface area (Å²) in [5.74, 6) is 0.0345. The minimum Gasteiger partial charge on any atom is -0.507 e. The molecule has 2 aromatic rings. The molecule has 0 fully saturated rings. The average molecular weight is 336 g/mol. The molecular formula is C15H14BrNO3. The number of phenols is 1. The number of halogens is 1. The van der Waals surface area contributed by atoms with Gasteiger partial charge in [0.2, 0.25) is 0 Å². The SMILES string of the molecule is COc1ccc(O)c(C(=O)Nc2cc(C)cc(Br)c2)c1.